The molecule has 0 N–H and O–H groups in total. The number of rotatable bonds is 5. The molecular formula is C25H27N3O3S. The first-order valence-corrected chi connectivity index (χ1v) is 12.2. The van der Waals surface area contributed by atoms with Crippen LogP contribution in [0.15, 0.2) is 48.5 Å². The highest BCUT2D eigenvalue weighted by Crippen LogP contribution is 2.34. The molecule has 3 atom stereocenters. The molecule has 4 heterocycles. The Kier molecular flexibility index (Phi) is 5.33. The van der Waals surface area contributed by atoms with Crippen LogP contribution >= 0.6 is 11.3 Å². The van der Waals surface area contributed by atoms with Gasteiger partial charge in [0.25, 0.3) is 5.19 Å². The highest BCUT2D eigenvalue weighted by Gasteiger charge is 2.43. The van der Waals surface area contributed by atoms with Gasteiger partial charge in [0, 0.05) is 39.3 Å². The Morgan fingerprint density at radius 1 is 1.06 bits per heavy atom. The lowest BCUT2D eigenvalue weighted by molar-refractivity contribution is -0.134. The van der Waals surface area contributed by atoms with Gasteiger partial charge in [0.05, 0.1) is 22.7 Å². The molecule has 1 amide bonds. The second-order valence-electron chi connectivity index (χ2n) is 9.21. The van der Waals surface area contributed by atoms with Gasteiger partial charge in [-0.3, -0.25) is 9.69 Å². The summed E-state index contributed by atoms with van der Waals surface area (Å²) in [6.07, 6.45) is 0.884. The number of ether oxygens (including phenoxy) is 2. The van der Waals surface area contributed by atoms with Gasteiger partial charge in [-0.25, -0.2) is 4.98 Å². The largest absolute Gasteiger partial charge is 0.431 e. The van der Waals surface area contributed by atoms with Gasteiger partial charge in [0.15, 0.2) is 0 Å². The molecule has 0 saturated carbocycles. The molecule has 6 rings (SSSR count). The first kappa shape index (κ1) is 20.1. The van der Waals surface area contributed by atoms with Crippen LogP contribution in [0.4, 0.5) is 0 Å². The second-order valence-corrected chi connectivity index (χ2v) is 10.2. The Labute approximate surface area is 191 Å². The molecule has 0 radical (unpaired) electrons. The van der Waals surface area contributed by atoms with E-state index in [9.17, 15) is 4.79 Å². The van der Waals surface area contributed by atoms with Crippen molar-refractivity contribution in [1.29, 1.82) is 0 Å². The van der Waals surface area contributed by atoms with Gasteiger partial charge in [-0.2, -0.15) is 0 Å². The van der Waals surface area contributed by atoms with Crippen LogP contribution in [0.3, 0.4) is 0 Å². The zero-order valence-electron chi connectivity index (χ0n) is 18.0. The highest BCUT2D eigenvalue weighted by atomic mass is 32.1. The molecule has 0 aliphatic carbocycles. The van der Waals surface area contributed by atoms with Crippen LogP contribution in [0.25, 0.3) is 10.2 Å². The fourth-order valence-electron chi connectivity index (χ4n) is 5.30. The number of thiazole rings is 1. The standard InChI is InChI=1S/C25H27N3O3S/c29-24(18-9-10-30-16-18)28-14-19-12-27(13-20(19)15-28)11-17-5-7-21(8-6-17)31-25-26-22-3-1-2-4-23(22)32-25/h1-8,18-20H,9-16H2. The van der Waals surface area contributed by atoms with Gasteiger partial charge in [0.2, 0.25) is 5.91 Å². The Morgan fingerprint density at radius 2 is 1.84 bits per heavy atom. The third kappa shape index (κ3) is 4.00. The van der Waals surface area contributed by atoms with E-state index in [1.165, 1.54) is 5.56 Å². The van der Waals surface area contributed by atoms with Crippen molar-refractivity contribution in [3.63, 3.8) is 0 Å². The molecule has 0 spiro atoms. The summed E-state index contributed by atoms with van der Waals surface area (Å²) in [5.74, 6) is 2.42. The molecule has 3 fully saturated rings. The average molecular weight is 450 g/mol. The zero-order valence-corrected chi connectivity index (χ0v) is 18.8. The van der Waals surface area contributed by atoms with E-state index in [1.54, 1.807) is 11.3 Å². The monoisotopic (exact) mass is 449 g/mol. The average Bonchev–Trinajstić information content (AvgIpc) is 3.58. The SMILES string of the molecule is O=C(C1CCOC1)N1CC2CN(Cc3ccc(Oc4nc5ccccc5s4)cc3)CC2C1. The van der Waals surface area contributed by atoms with Crippen LogP contribution < -0.4 is 4.74 Å². The maximum atomic E-state index is 12.7. The molecule has 7 heteroatoms. The third-order valence-electron chi connectivity index (χ3n) is 6.96. The first-order valence-electron chi connectivity index (χ1n) is 11.4. The zero-order chi connectivity index (χ0) is 21.5. The number of fused-ring (bicyclic) bond motifs is 2. The van der Waals surface area contributed by atoms with Gasteiger partial charge < -0.3 is 14.4 Å². The lowest BCUT2D eigenvalue weighted by Gasteiger charge is -2.23. The third-order valence-corrected chi connectivity index (χ3v) is 7.88. The van der Waals surface area contributed by atoms with E-state index in [2.05, 4.69) is 33.0 Å². The van der Waals surface area contributed by atoms with E-state index in [0.29, 0.717) is 29.5 Å². The summed E-state index contributed by atoms with van der Waals surface area (Å²) in [5, 5.41) is 0.676. The van der Waals surface area contributed by atoms with Gasteiger partial charge >= 0.3 is 0 Å². The summed E-state index contributed by atoms with van der Waals surface area (Å²) in [7, 11) is 0. The molecule has 2 aromatic carbocycles. The lowest BCUT2D eigenvalue weighted by Crippen LogP contribution is -2.37. The summed E-state index contributed by atoms with van der Waals surface area (Å²) in [6.45, 7) is 6.24. The minimum atomic E-state index is 0.0911. The summed E-state index contributed by atoms with van der Waals surface area (Å²) < 4.78 is 12.5. The number of para-hydroxylation sites is 1. The van der Waals surface area contributed by atoms with Crippen molar-refractivity contribution in [2.75, 3.05) is 39.4 Å². The quantitative estimate of drug-likeness (QED) is 0.589. The van der Waals surface area contributed by atoms with Crippen molar-refractivity contribution < 1.29 is 14.3 Å². The number of nitrogens with zero attached hydrogens (tertiary/aromatic N) is 3. The number of hydrogen-bond donors (Lipinski definition) is 0. The fraction of sp³-hybridized carbons (Fsp3) is 0.440. The van der Waals surface area contributed by atoms with Crippen molar-refractivity contribution in [3.05, 3.63) is 54.1 Å². The van der Waals surface area contributed by atoms with Crippen LogP contribution in [0.2, 0.25) is 0 Å². The van der Waals surface area contributed by atoms with Gasteiger partial charge in [0.1, 0.15) is 5.75 Å². The number of amides is 1. The van der Waals surface area contributed by atoms with Gasteiger partial charge in [-0.1, -0.05) is 35.6 Å². The molecule has 32 heavy (non-hydrogen) atoms. The number of benzene rings is 2. The van der Waals surface area contributed by atoms with E-state index < -0.39 is 0 Å². The molecule has 0 bridgehead atoms. The van der Waals surface area contributed by atoms with Crippen molar-refractivity contribution in [3.8, 4) is 10.9 Å². The molecule has 166 valence electrons. The Bertz CT molecular complexity index is 1060. The predicted molar refractivity (Wildman–Crippen MR) is 124 cm³/mol. The maximum absolute atomic E-state index is 12.7. The van der Waals surface area contributed by atoms with Gasteiger partial charge in [-0.05, 0) is 48.1 Å². The molecule has 6 nitrogen and oxygen atoms in total. The van der Waals surface area contributed by atoms with Crippen molar-refractivity contribution >= 4 is 27.5 Å². The summed E-state index contributed by atoms with van der Waals surface area (Å²) in [5.41, 5.74) is 2.26. The van der Waals surface area contributed by atoms with E-state index in [0.717, 1.165) is 61.7 Å². The minimum absolute atomic E-state index is 0.0911. The fourth-order valence-corrected chi connectivity index (χ4v) is 6.14. The molecule has 3 aromatic rings. The summed E-state index contributed by atoms with van der Waals surface area (Å²) >= 11 is 1.57. The number of aromatic nitrogens is 1. The van der Waals surface area contributed by atoms with E-state index >= 15 is 0 Å². The molecular weight excluding hydrogens is 422 g/mol. The number of likely N-dealkylation sites (tertiary alicyclic amines) is 2. The molecule has 3 saturated heterocycles. The first-order chi connectivity index (χ1) is 15.7. The normalized spacial score (nSPS) is 25.5. The molecule has 3 aliphatic heterocycles. The number of hydrogen-bond acceptors (Lipinski definition) is 6. The smallest absolute Gasteiger partial charge is 0.279 e. The van der Waals surface area contributed by atoms with E-state index in [4.69, 9.17) is 9.47 Å². The maximum Gasteiger partial charge on any atom is 0.279 e. The Morgan fingerprint density at radius 3 is 2.56 bits per heavy atom. The van der Waals surface area contributed by atoms with Crippen molar-refractivity contribution in [1.82, 2.24) is 14.8 Å². The Hall–Kier alpha value is -2.48. The number of carbonyl (C=O) groups is 1. The number of carbonyl (C=O) groups excluding carboxylic acids is 1. The van der Waals surface area contributed by atoms with Gasteiger partial charge in [-0.15, -0.1) is 0 Å². The van der Waals surface area contributed by atoms with Crippen molar-refractivity contribution in [2.24, 2.45) is 17.8 Å². The van der Waals surface area contributed by atoms with Crippen LogP contribution in [-0.2, 0) is 16.1 Å². The van der Waals surface area contributed by atoms with Crippen LogP contribution in [0, 0.1) is 17.8 Å². The van der Waals surface area contributed by atoms with Crippen molar-refractivity contribution in [2.45, 2.75) is 13.0 Å². The van der Waals surface area contributed by atoms with Crippen LogP contribution in [-0.4, -0.2) is 60.1 Å². The lowest BCUT2D eigenvalue weighted by atomic mass is 10.0. The predicted octanol–water partition coefficient (Wildman–Crippen LogP) is 4.02. The highest BCUT2D eigenvalue weighted by molar-refractivity contribution is 7.20. The Balaban J connectivity index is 1.02. The van der Waals surface area contributed by atoms with Crippen LogP contribution in [0.1, 0.15) is 12.0 Å². The van der Waals surface area contributed by atoms with E-state index in [1.807, 2.05) is 30.3 Å². The summed E-state index contributed by atoms with van der Waals surface area (Å²) in [4.78, 5) is 21.8. The van der Waals surface area contributed by atoms with E-state index in [-0.39, 0.29) is 5.92 Å². The molecule has 3 unspecified atom stereocenters. The molecule has 3 aliphatic rings. The minimum Gasteiger partial charge on any atom is -0.431 e. The molecule has 1 aromatic heterocycles. The second kappa shape index (κ2) is 8.46. The topological polar surface area (TPSA) is 54.9 Å². The summed E-state index contributed by atoms with van der Waals surface area (Å²) in [6, 6.07) is 16.4. The van der Waals surface area contributed by atoms with Crippen LogP contribution in [0.5, 0.6) is 10.9 Å².